The lowest BCUT2D eigenvalue weighted by Crippen LogP contribution is -2.30. The molecule has 2 aromatic carbocycles. The number of aromatic hydroxyl groups is 1. The van der Waals surface area contributed by atoms with Crippen LogP contribution in [0.1, 0.15) is 11.1 Å². The van der Waals surface area contributed by atoms with Crippen molar-refractivity contribution in [1.29, 1.82) is 0 Å². The predicted octanol–water partition coefficient (Wildman–Crippen LogP) is 3.83. The van der Waals surface area contributed by atoms with Crippen LogP contribution in [-0.4, -0.2) is 23.6 Å². The molecule has 0 saturated carbocycles. The largest absolute Gasteiger partial charge is 0.506 e. The van der Waals surface area contributed by atoms with E-state index in [2.05, 4.69) is 42.0 Å². The first-order chi connectivity index (χ1) is 10.6. The van der Waals surface area contributed by atoms with Crippen molar-refractivity contribution < 1.29 is 9.84 Å². The summed E-state index contributed by atoms with van der Waals surface area (Å²) in [7, 11) is 0. The number of nitrogens with zero attached hydrogens (tertiary/aromatic N) is 3. The van der Waals surface area contributed by atoms with Crippen LogP contribution in [0.2, 0.25) is 0 Å². The summed E-state index contributed by atoms with van der Waals surface area (Å²) in [4.78, 5) is 4.31. The molecule has 2 heterocycles. The summed E-state index contributed by atoms with van der Waals surface area (Å²) in [5.74, 6) is 0.633. The first-order valence-electron chi connectivity index (χ1n) is 6.49. The van der Waals surface area contributed by atoms with Crippen molar-refractivity contribution in [1.82, 2.24) is 0 Å². The second kappa shape index (κ2) is 5.10. The number of rotatable bonds is 1. The Labute approximate surface area is 143 Å². The molecule has 0 aromatic heterocycles. The zero-order chi connectivity index (χ0) is 15.3. The zero-order valence-corrected chi connectivity index (χ0v) is 14.2. The topological polar surface area (TPSA) is 57.4 Å². The average molecular weight is 423 g/mol. The van der Waals surface area contributed by atoms with E-state index < -0.39 is 6.35 Å². The van der Waals surface area contributed by atoms with Crippen molar-refractivity contribution in [2.75, 3.05) is 5.01 Å². The van der Waals surface area contributed by atoms with Gasteiger partial charge in [-0.2, -0.15) is 0 Å². The van der Waals surface area contributed by atoms with Crippen molar-refractivity contribution in [3.8, 4) is 5.75 Å². The molecule has 22 heavy (non-hydrogen) atoms. The number of benzene rings is 2. The van der Waals surface area contributed by atoms with E-state index in [-0.39, 0.29) is 5.75 Å². The van der Waals surface area contributed by atoms with Gasteiger partial charge in [-0.25, -0.2) is 10.0 Å². The molecule has 4 rings (SSSR count). The van der Waals surface area contributed by atoms with Crippen LogP contribution >= 0.6 is 31.9 Å². The Hall–Kier alpha value is -1.86. The van der Waals surface area contributed by atoms with Gasteiger partial charge < -0.3 is 9.84 Å². The van der Waals surface area contributed by atoms with Crippen LogP contribution in [0, 0.1) is 0 Å². The van der Waals surface area contributed by atoms with Crippen LogP contribution in [0.3, 0.4) is 0 Å². The number of hydrazone groups is 1. The highest BCUT2D eigenvalue weighted by Crippen LogP contribution is 2.44. The first kappa shape index (κ1) is 13.8. The van der Waals surface area contributed by atoms with Crippen LogP contribution in [0.25, 0.3) is 0 Å². The second-order valence-electron chi connectivity index (χ2n) is 4.79. The summed E-state index contributed by atoms with van der Waals surface area (Å²) in [6, 6.07) is 11.4. The smallest absolute Gasteiger partial charge is 0.291 e. The van der Waals surface area contributed by atoms with Crippen molar-refractivity contribution in [2.45, 2.75) is 6.35 Å². The number of hydrogen-bond donors (Lipinski definition) is 1. The zero-order valence-electron chi connectivity index (χ0n) is 11.1. The van der Waals surface area contributed by atoms with Crippen LogP contribution in [0.5, 0.6) is 5.75 Å². The molecule has 5 nitrogen and oxygen atoms in total. The Bertz CT molecular complexity index is 821. The average Bonchev–Trinajstić information content (AvgIpc) is 2.97. The third-order valence-electron chi connectivity index (χ3n) is 3.42. The normalized spacial score (nSPS) is 18.5. The highest BCUT2D eigenvalue weighted by molar-refractivity contribution is 9.11. The molecule has 1 N–H and O–H groups in total. The van der Waals surface area contributed by atoms with Gasteiger partial charge in [-0.15, -0.1) is 5.10 Å². The maximum Gasteiger partial charge on any atom is 0.291 e. The maximum absolute atomic E-state index is 10.2. The third kappa shape index (κ3) is 2.04. The van der Waals surface area contributed by atoms with E-state index in [4.69, 9.17) is 4.74 Å². The van der Waals surface area contributed by atoms with Gasteiger partial charge in [0.05, 0.1) is 15.7 Å². The van der Waals surface area contributed by atoms with Crippen molar-refractivity contribution in [3.63, 3.8) is 0 Å². The van der Waals surface area contributed by atoms with Gasteiger partial charge in [-0.1, -0.05) is 18.2 Å². The molecule has 2 aliphatic heterocycles. The van der Waals surface area contributed by atoms with E-state index >= 15 is 0 Å². The minimum absolute atomic E-state index is 0.128. The van der Waals surface area contributed by atoms with Gasteiger partial charge in [-0.05, 0) is 50.1 Å². The van der Waals surface area contributed by atoms with E-state index in [0.717, 1.165) is 15.7 Å². The molecular formula is C15H9Br2N3O2. The van der Waals surface area contributed by atoms with Gasteiger partial charge in [-0.3, -0.25) is 0 Å². The molecule has 2 aliphatic rings. The molecule has 0 bridgehead atoms. The summed E-state index contributed by atoms with van der Waals surface area (Å²) in [6.45, 7) is 0. The minimum atomic E-state index is -0.556. The summed E-state index contributed by atoms with van der Waals surface area (Å²) in [5, 5.41) is 16.4. The molecular weight excluding hydrogens is 414 g/mol. The summed E-state index contributed by atoms with van der Waals surface area (Å²) in [6.07, 6.45) is 1.05. The SMILES string of the molecule is Oc1c(Br)cc(Br)c2c1C=NC1OC(c3ccccc3)=NN21. The van der Waals surface area contributed by atoms with Gasteiger partial charge in [0.2, 0.25) is 5.90 Å². The Balaban J connectivity index is 1.84. The number of halogens is 2. The van der Waals surface area contributed by atoms with Crippen LogP contribution < -0.4 is 5.01 Å². The van der Waals surface area contributed by atoms with E-state index in [1.165, 1.54) is 0 Å². The maximum atomic E-state index is 10.2. The number of phenols is 1. The minimum Gasteiger partial charge on any atom is -0.506 e. The van der Waals surface area contributed by atoms with Crippen molar-refractivity contribution in [2.24, 2.45) is 10.1 Å². The van der Waals surface area contributed by atoms with E-state index in [1.807, 2.05) is 30.3 Å². The number of phenolic OH excluding ortho intramolecular Hbond substituents is 1. The van der Waals surface area contributed by atoms with Gasteiger partial charge in [0.1, 0.15) is 5.75 Å². The first-order valence-corrected chi connectivity index (χ1v) is 8.08. The van der Waals surface area contributed by atoms with Crippen LogP contribution in [0.4, 0.5) is 5.69 Å². The predicted molar refractivity (Wildman–Crippen MR) is 91.4 cm³/mol. The highest BCUT2D eigenvalue weighted by atomic mass is 79.9. The molecule has 0 amide bonds. The van der Waals surface area contributed by atoms with Gasteiger partial charge in [0.15, 0.2) is 0 Å². The monoisotopic (exact) mass is 421 g/mol. The molecule has 0 saturated heterocycles. The lowest BCUT2D eigenvalue weighted by atomic mass is 10.1. The molecule has 7 heteroatoms. The van der Waals surface area contributed by atoms with Crippen molar-refractivity contribution >= 4 is 49.7 Å². The number of hydrogen-bond acceptors (Lipinski definition) is 5. The van der Waals surface area contributed by atoms with E-state index in [9.17, 15) is 5.11 Å². The molecule has 1 atom stereocenters. The summed E-state index contributed by atoms with van der Waals surface area (Å²) < 4.78 is 7.19. The molecule has 0 radical (unpaired) electrons. The number of ether oxygens (including phenoxy) is 1. The number of anilines is 1. The summed E-state index contributed by atoms with van der Waals surface area (Å²) in [5.41, 5.74) is 2.21. The van der Waals surface area contributed by atoms with Gasteiger partial charge >= 0.3 is 0 Å². The standard InChI is InChI=1S/C15H9Br2N3O2/c16-10-6-11(17)13(21)9-7-18-15-20(12(9)10)19-14(22-15)8-4-2-1-3-5-8/h1-7,15,21H. The molecule has 0 spiro atoms. The fourth-order valence-electron chi connectivity index (χ4n) is 2.39. The Morgan fingerprint density at radius 1 is 1.14 bits per heavy atom. The quantitative estimate of drug-likeness (QED) is 0.759. The fourth-order valence-corrected chi connectivity index (χ4v) is 3.77. The van der Waals surface area contributed by atoms with Gasteiger partial charge in [0, 0.05) is 16.3 Å². The molecule has 110 valence electrons. The lowest BCUT2D eigenvalue weighted by Gasteiger charge is -2.25. The van der Waals surface area contributed by atoms with Crippen LogP contribution in [0.15, 0.2) is 55.4 Å². The highest BCUT2D eigenvalue weighted by Gasteiger charge is 2.35. The molecule has 2 aromatic rings. The third-order valence-corrected chi connectivity index (χ3v) is 4.63. The molecule has 1 unspecified atom stereocenters. The van der Waals surface area contributed by atoms with Crippen molar-refractivity contribution in [3.05, 3.63) is 56.5 Å². The molecule has 0 aliphatic carbocycles. The Morgan fingerprint density at radius 3 is 2.68 bits per heavy atom. The second-order valence-corrected chi connectivity index (χ2v) is 6.50. The summed E-state index contributed by atoms with van der Waals surface area (Å²) >= 11 is 6.83. The van der Waals surface area contributed by atoms with E-state index in [0.29, 0.717) is 15.9 Å². The van der Waals surface area contributed by atoms with Crippen LogP contribution in [-0.2, 0) is 4.74 Å². The van der Waals surface area contributed by atoms with E-state index in [1.54, 1.807) is 17.3 Å². The Morgan fingerprint density at radius 2 is 1.91 bits per heavy atom. The molecule has 0 fully saturated rings. The Kier molecular flexibility index (Phi) is 3.19. The van der Waals surface area contributed by atoms with Gasteiger partial charge in [0.25, 0.3) is 6.35 Å². The number of fused-ring (bicyclic) bond motifs is 3. The lowest BCUT2D eigenvalue weighted by molar-refractivity contribution is 0.223. The number of aliphatic imine (C=N–C) groups is 1. The fraction of sp³-hybridized carbons (Fsp3) is 0.0667.